The van der Waals surface area contributed by atoms with Crippen molar-refractivity contribution in [1.82, 2.24) is 33.7 Å². The van der Waals surface area contributed by atoms with Crippen LogP contribution >= 0.6 is 11.3 Å². The molecule has 13 aromatic rings. The first kappa shape index (κ1) is 52.0. The van der Waals surface area contributed by atoms with E-state index in [0.29, 0.717) is 0 Å². The molecular weight excluding hydrogens is 1160 g/mol. The molecule has 6 aromatic heterocycles. The first-order chi connectivity index (χ1) is 37.6. The first-order valence-electron chi connectivity index (χ1n) is 27.1. The third kappa shape index (κ3) is 9.87. The number of nitrogens with zero attached hydrogens (tertiary/aromatic N) is 7. The fourth-order valence-electron chi connectivity index (χ4n) is 11.3. The van der Waals surface area contributed by atoms with Gasteiger partial charge in [-0.1, -0.05) is 163 Å². The van der Waals surface area contributed by atoms with E-state index in [-0.39, 0.29) is 30.9 Å². The summed E-state index contributed by atoms with van der Waals surface area (Å²) in [6.07, 6.45) is 9.59. The Morgan fingerprint density at radius 3 is 1.61 bits per heavy atom. The summed E-state index contributed by atoms with van der Waals surface area (Å²) in [5, 5.41) is 4.52. The molecule has 7 nitrogen and oxygen atoms in total. The van der Waals surface area contributed by atoms with Gasteiger partial charge in [0.15, 0.2) is 0 Å². The van der Waals surface area contributed by atoms with Gasteiger partial charge in [-0.15, -0.1) is 88.2 Å². The number of thiophene rings is 1. The van der Waals surface area contributed by atoms with Crippen LogP contribution in [0.2, 0.25) is 0 Å². The zero-order valence-electron chi connectivity index (χ0n) is 46.1. The molecule has 0 saturated carbocycles. The van der Waals surface area contributed by atoms with Crippen LogP contribution in [0.4, 0.5) is 0 Å². The fourth-order valence-corrected chi connectivity index (χ4v) is 12.5. The van der Waals surface area contributed by atoms with Crippen molar-refractivity contribution >= 4 is 64.6 Å². The van der Waals surface area contributed by atoms with E-state index in [4.69, 9.17) is 24.9 Å². The molecule has 6 heterocycles. The molecule has 0 bridgehead atoms. The summed E-state index contributed by atoms with van der Waals surface area (Å²) in [5.41, 5.74) is 20.3. The molecule has 0 radical (unpaired) electrons. The molecule has 0 spiro atoms. The van der Waals surface area contributed by atoms with E-state index in [9.17, 15) is 0 Å². The van der Waals surface area contributed by atoms with E-state index < -0.39 is 0 Å². The minimum absolute atomic E-state index is 0. The van der Waals surface area contributed by atoms with Crippen molar-refractivity contribution in [1.29, 1.82) is 0 Å². The van der Waals surface area contributed by atoms with Crippen molar-refractivity contribution in [3.8, 4) is 44.6 Å². The first-order valence-corrected chi connectivity index (χ1v) is 27.9. The molecule has 0 N–H and O–H groups in total. The second-order valence-electron chi connectivity index (χ2n) is 23.3. The average Bonchev–Trinajstić information content (AvgIpc) is 4.27. The van der Waals surface area contributed by atoms with E-state index in [2.05, 4.69) is 221 Å². The standard InChI is InChI=1S/C70H60N7S.Ir/c1-42-18-25-50(37-59(42)49-26-30-56-55-16-12-13-17-63(55)78-64(56)38-49)60-31-27-51(39-71-60)53-14-10-11-15-54(53)52-33-47(21-19-45-23-28-57-61(35-45)74-67(69(4,5)6)76-40-43(2)72-65(57)76)32-48(34-52)22-20-46-24-29-58-62(36-46)75-68(70(7,8)9)77-41-44(3)73-66(58)77;/h10-18,23-24,26-27,30-41H,19-22H2,1-9H3;/q-3;+3. The Labute approximate surface area is 479 Å². The van der Waals surface area contributed by atoms with Crippen LogP contribution in [0.15, 0.2) is 152 Å². The third-order valence-electron chi connectivity index (χ3n) is 15.2. The third-order valence-corrected chi connectivity index (χ3v) is 16.3. The number of aryl methyl sites for hydroxylation is 7. The Morgan fingerprint density at radius 1 is 0.481 bits per heavy atom. The van der Waals surface area contributed by atoms with Gasteiger partial charge in [-0.2, -0.15) is 0 Å². The number of pyridine rings is 1. The number of imidazole rings is 2. The minimum atomic E-state index is -0.163. The molecule has 0 fully saturated rings. The van der Waals surface area contributed by atoms with Crippen LogP contribution in [0.5, 0.6) is 0 Å². The summed E-state index contributed by atoms with van der Waals surface area (Å²) in [6, 6.07) is 59.7. The molecule has 79 heavy (non-hydrogen) atoms. The van der Waals surface area contributed by atoms with Crippen LogP contribution in [0.25, 0.3) is 97.9 Å². The van der Waals surface area contributed by atoms with Crippen molar-refractivity contribution < 1.29 is 20.1 Å². The maximum atomic E-state index is 5.25. The van der Waals surface area contributed by atoms with E-state index in [0.717, 1.165) is 104 Å². The summed E-state index contributed by atoms with van der Waals surface area (Å²) in [5.74, 6) is 1.99. The smallest absolute Gasteiger partial charge is 0.328 e. The monoisotopic (exact) mass is 1220 g/mol. The molecule has 7 aromatic carbocycles. The Bertz CT molecular complexity index is 4350. The number of hydrogen-bond acceptors (Lipinski definition) is 6. The number of fused-ring (bicyclic) bond motifs is 9. The SMILES string of the molecule is Cc1cn2c(C(C)(C)C)nc3cc(CCc4cc(CCc5c[c-]c6c(c5)nc(C(C)(C)C)n5cc(C)nc65)cc(-c5ccccc5-c5ccc(-c6[c-]cc(C)c(-c7ccc8c(c7)sc7ccccc78)c6)nc5)c4)c[c-]c3c2n1.[Ir+3]. The zero-order valence-corrected chi connectivity index (χ0v) is 49.3. The van der Waals surface area contributed by atoms with Crippen LogP contribution < -0.4 is 0 Å². The topological polar surface area (TPSA) is 73.3 Å². The van der Waals surface area contributed by atoms with Crippen molar-refractivity contribution in [3.05, 3.63) is 221 Å². The number of aromatic nitrogens is 7. The maximum absolute atomic E-state index is 5.25. The molecule has 0 unspecified atom stereocenters. The predicted molar refractivity (Wildman–Crippen MR) is 323 cm³/mol. The van der Waals surface area contributed by atoms with Crippen LogP contribution in [-0.4, -0.2) is 33.7 Å². The Kier molecular flexibility index (Phi) is 13.3. The van der Waals surface area contributed by atoms with Gasteiger partial charge in [-0.25, -0.2) is 0 Å². The molecular formula is C70H60IrN7S. The largest absolute Gasteiger partial charge is 3.00 e. The number of rotatable bonds is 10. The van der Waals surface area contributed by atoms with Crippen LogP contribution in [0.3, 0.4) is 0 Å². The quantitative estimate of drug-likeness (QED) is 0.128. The van der Waals surface area contributed by atoms with Gasteiger partial charge in [-0.05, 0) is 94.5 Å². The van der Waals surface area contributed by atoms with Gasteiger partial charge < -0.3 is 13.8 Å². The summed E-state index contributed by atoms with van der Waals surface area (Å²) in [6.45, 7) is 19.5. The Balaban J connectivity index is 0.00000623. The van der Waals surface area contributed by atoms with Gasteiger partial charge in [0.05, 0.1) is 11.3 Å². The van der Waals surface area contributed by atoms with Gasteiger partial charge in [0.25, 0.3) is 0 Å². The molecule has 0 saturated heterocycles. The Morgan fingerprint density at radius 2 is 1.03 bits per heavy atom. The van der Waals surface area contributed by atoms with Crippen molar-refractivity contribution in [3.63, 3.8) is 0 Å². The van der Waals surface area contributed by atoms with Crippen LogP contribution in [0.1, 0.15) is 92.4 Å². The van der Waals surface area contributed by atoms with Crippen LogP contribution in [0, 0.1) is 39.0 Å². The second kappa shape index (κ2) is 20.2. The van der Waals surface area contributed by atoms with Crippen molar-refractivity contribution in [2.24, 2.45) is 0 Å². The molecule has 390 valence electrons. The summed E-state index contributed by atoms with van der Waals surface area (Å²) >= 11 is 1.85. The molecule has 13 rings (SSSR count). The zero-order chi connectivity index (χ0) is 53.6. The molecule has 0 aliphatic carbocycles. The van der Waals surface area contributed by atoms with Crippen molar-refractivity contribution in [2.75, 3.05) is 0 Å². The van der Waals surface area contributed by atoms with Gasteiger partial charge in [0, 0.05) is 61.0 Å². The van der Waals surface area contributed by atoms with Gasteiger partial charge >= 0.3 is 20.1 Å². The summed E-state index contributed by atoms with van der Waals surface area (Å²) in [7, 11) is 0. The fraction of sp³-hybridized carbons (Fsp3) is 0.214. The summed E-state index contributed by atoms with van der Waals surface area (Å²) < 4.78 is 6.90. The van der Waals surface area contributed by atoms with Crippen LogP contribution in [-0.2, 0) is 56.6 Å². The van der Waals surface area contributed by atoms with Gasteiger partial charge in [0.1, 0.15) is 11.6 Å². The minimum Gasteiger partial charge on any atom is -0.328 e. The van der Waals surface area contributed by atoms with Crippen molar-refractivity contribution in [2.45, 2.75) is 98.8 Å². The molecule has 0 aliphatic heterocycles. The van der Waals surface area contributed by atoms with Gasteiger partial charge in [0.2, 0.25) is 0 Å². The molecule has 9 heteroatoms. The predicted octanol–water partition coefficient (Wildman–Crippen LogP) is 17.0. The van der Waals surface area contributed by atoms with E-state index in [1.54, 1.807) is 0 Å². The average molecular weight is 1220 g/mol. The normalized spacial score (nSPS) is 12.2. The number of hydrogen-bond donors (Lipinski definition) is 0. The Hall–Kier alpha value is -7.68. The summed E-state index contributed by atoms with van der Waals surface area (Å²) in [4.78, 5) is 25.5. The molecule has 0 amide bonds. The number of benzene rings is 7. The molecule has 0 atom stereocenters. The maximum Gasteiger partial charge on any atom is 3.00 e. The second-order valence-corrected chi connectivity index (χ2v) is 24.4. The van der Waals surface area contributed by atoms with E-state index >= 15 is 0 Å². The molecule has 0 aliphatic rings. The van der Waals surface area contributed by atoms with Gasteiger partial charge in [-0.3, -0.25) is 19.9 Å². The van der Waals surface area contributed by atoms with E-state index in [1.807, 2.05) is 31.4 Å². The van der Waals surface area contributed by atoms with E-state index in [1.165, 1.54) is 70.2 Å².